The maximum atomic E-state index is 9.99. The van der Waals surface area contributed by atoms with Crippen molar-refractivity contribution in [2.45, 2.75) is 38.3 Å². The highest BCUT2D eigenvalue weighted by Crippen LogP contribution is 2.37. The van der Waals surface area contributed by atoms with Gasteiger partial charge in [0.15, 0.2) is 0 Å². The standard InChI is InChI=1S/C18H22N2O/c1-13-12-20(17-8-4-3-7-16(13)17)18(10-14(2)21)9-5-6-15(19)11-18/h3-9,12,14,21H,10-11,19H2,1-2H3. The molecule has 0 spiro atoms. The van der Waals surface area contributed by atoms with Crippen LogP contribution in [-0.4, -0.2) is 15.8 Å². The Bertz CT molecular complexity index is 724. The van der Waals surface area contributed by atoms with Crippen molar-refractivity contribution in [3.63, 3.8) is 0 Å². The summed E-state index contributed by atoms with van der Waals surface area (Å²) in [6.07, 6.45) is 9.28. The van der Waals surface area contributed by atoms with Crippen LogP contribution in [0.5, 0.6) is 0 Å². The molecule has 1 heterocycles. The van der Waals surface area contributed by atoms with Crippen LogP contribution in [0.3, 0.4) is 0 Å². The quantitative estimate of drug-likeness (QED) is 0.908. The van der Waals surface area contributed by atoms with Crippen LogP contribution < -0.4 is 5.73 Å². The van der Waals surface area contributed by atoms with Gasteiger partial charge in [0.1, 0.15) is 0 Å². The van der Waals surface area contributed by atoms with E-state index in [1.165, 1.54) is 16.5 Å². The van der Waals surface area contributed by atoms with Crippen molar-refractivity contribution in [1.29, 1.82) is 0 Å². The number of aliphatic hydroxyl groups excluding tert-OH is 1. The number of fused-ring (bicyclic) bond motifs is 1. The van der Waals surface area contributed by atoms with Crippen LogP contribution in [0.25, 0.3) is 10.9 Å². The molecule has 2 unspecified atom stereocenters. The SMILES string of the molecule is Cc1cn(C2(CC(C)O)C=CC=C(N)C2)c2ccccc12. The lowest BCUT2D eigenvalue weighted by Gasteiger charge is -2.36. The van der Waals surface area contributed by atoms with E-state index in [4.69, 9.17) is 5.73 Å². The van der Waals surface area contributed by atoms with Crippen molar-refractivity contribution in [2.24, 2.45) is 5.73 Å². The van der Waals surface area contributed by atoms with Crippen molar-refractivity contribution < 1.29 is 5.11 Å². The Morgan fingerprint density at radius 3 is 2.86 bits per heavy atom. The Balaban J connectivity index is 2.20. The van der Waals surface area contributed by atoms with Crippen LogP contribution in [0.15, 0.2) is 54.4 Å². The molecule has 3 N–H and O–H groups in total. The van der Waals surface area contributed by atoms with E-state index in [9.17, 15) is 5.11 Å². The number of benzene rings is 1. The molecule has 0 fully saturated rings. The topological polar surface area (TPSA) is 51.2 Å². The summed E-state index contributed by atoms with van der Waals surface area (Å²) in [6, 6.07) is 8.39. The minimum absolute atomic E-state index is 0.291. The number of nitrogens with zero attached hydrogens (tertiary/aromatic N) is 1. The third-order valence-electron chi connectivity index (χ3n) is 4.27. The lowest BCUT2D eigenvalue weighted by Crippen LogP contribution is -2.37. The van der Waals surface area contributed by atoms with Crippen molar-refractivity contribution in [2.75, 3.05) is 0 Å². The maximum Gasteiger partial charge on any atom is 0.0709 e. The molecule has 0 amide bonds. The summed E-state index contributed by atoms with van der Waals surface area (Å²) in [5, 5.41) is 11.2. The van der Waals surface area contributed by atoms with Crippen LogP contribution in [0.1, 0.15) is 25.3 Å². The number of aromatic nitrogens is 1. The number of aliphatic hydroxyl groups is 1. The van der Waals surface area contributed by atoms with Crippen LogP contribution >= 0.6 is 0 Å². The zero-order chi connectivity index (χ0) is 15.0. The number of rotatable bonds is 3. The number of hydrogen-bond donors (Lipinski definition) is 2. The Morgan fingerprint density at radius 2 is 2.14 bits per heavy atom. The maximum absolute atomic E-state index is 9.99. The van der Waals surface area contributed by atoms with Gasteiger partial charge in [0, 0.05) is 35.6 Å². The Hall–Kier alpha value is -2.00. The molecule has 0 saturated carbocycles. The molecule has 0 saturated heterocycles. The van der Waals surface area contributed by atoms with Gasteiger partial charge in [-0.05, 0) is 31.6 Å². The third-order valence-corrected chi connectivity index (χ3v) is 4.27. The Labute approximate surface area is 125 Å². The predicted molar refractivity (Wildman–Crippen MR) is 87.0 cm³/mol. The summed E-state index contributed by atoms with van der Waals surface area (Å²) in [5.41, 5.74) is 9.09. The van der Waals surface area contributed by atoms with Gasteiger partial charge in [-0.1, -0.05) is 30.4 Å². The van der Waals surface area contributed by atoms with E-state index >= 15 is 0 Å². The number of nitrogens with two attached hydrogens (primary N) is 1. The van der Waals surface area contributed by atoms with Gasteiger partial charge in [-0.3, -0.25) is 0 Å². The highest BCUT2D eigenvalue weighted by Gasteiger charge is 2.34. The third kappa shape index (κ3) is 2.38. The first-order valence-corrected chi connectivity index (χ1v) is 7.41. The van der Waals surface area contributed by atoms with Crippen molar-refractivity contribution in [3.8, 4) is 0 Å². The van der Waals surface area contributed by atoms with Gasteiger partial charge in [-0.15, -0.1) is 0 Å². The summed E-state index contributed by atoms with van der Waals surface area (Å²) in [6.45, 7) is 3.96. The molecule has 3 rings (SSSR count). The largest absolute Gasteiger partial charge is 0.402 e. The molecule has 3 nitrogen and oxygen atoms in total. The van der Waals surface area contributed by atoms with Gasteiger partial charge in [0.05, 0.1) is 11.6 Å². The van der Waals surface area contributed by atoms with E-state index in [0.29, 0.717) is 6.42 Å². The van der Waals surface area contributed by atoms with Gasteiger partial charge in [0.25, 0.3) is 0 Å². The highest BCUT2D eigenvalue weighted by molar-refractivity contribution is 5.84. The van der Waals surface area contributed by atoms with Crippen molar-refractivity contribution in [3.05, 3.63) is 60.0 Å². The fourth-order valence-electron chi connectivity index (χ4n) is 3.46. The number of aryl methyl sites for hydroxylation is 1. The minimum Gasteiger partial charge on any atom is -0.402 e. The van der Waals surface area contributed by atoms with Crippen LogP contribution in [-0.2, 0) is 5.54 Å². The molecule has 3 heteroatoms. The Morgan fingerprint density at radius 1 is 1.38 bits per heavy atom. The summed E-state index contributed by atoms with van der Waals surface area (Å²) in [4.78, 5) is 0. The molecule has 0 bridgehead atoms. The molecule has 0 radical (unpaired) electrons. The molecule has 21 heavy (non-hydrogen) atoms. The van der Waals surface area contributed by atoms with Crippen LogP contribution in [0, 0.1) is 6.92 Å². The van der Waals surface area contributed by atoms with Gasteiger partial charge >= 0.3 is 0 Å². The number of allylic oxidation sites excluding steroid dienone is 4. The van der Waals surface area contributed by atoms with E-state index in [-0.39, 0.29) is 11.6 Å². The van der Waals surface area contributed by atoms with Crippen LogP contribution in [0.4, 0.5) is 0 Å². The second-order valence-electron chi connectivity index (χ2n) is 6.13. The molecular weight excluding hydrogens is 260 g/mol. The number of hydrogen-bond acceptors (Lipinski definition) is 2. The predicted octanol–water partition coefficient (Wildman–Crippen LogP) is 3.22. The first-order valence-electron chi connectivity index (χ1n) is 7.41. The second-order valence-corrected chi connectivity index (χ2v) is 6.13. The van der Waals surface area contributed by atoms with Gasteiger partial charge in [0.2, 0.25) is 0 Å². The van der Waals surface area contributed by atoms with E-state index in [0.717, 1.165) is 12.1 Å². The van der Waals surface area contributed by atoms with Crippen molar-refractivity contribution in [1.82, 2.24) is 4.57 Å². The van der Waals surface area contributed by atoms with Gasteiger partial charge in [-0.25, -0.2) is 0 Å². The molecule has 0 aliphatic heterocycles. The molecule has 1 aliphatic carbocycles. The van der Waals surface area contributed by atoms with Gasteiger partial charge in [-0.2, -0.15) is 0 Å². The average Bonchev–Trinajstić information content (AvgIpc) is 2.77. The smallest absolute Gasteiger partial charge is 0.0709 e. The molecular formula is C18H22N2O. The first kappa shape index (κ1) is 14.0. The van der Waals surface area contributed by atoms with E-state index in [2.05, 4.69) is 48.0 Å². The summed E-state index contributed by atoms with van der Waals surface area (Å²) in [7, 11) is 0. The lowest BCUT2D eigenvalue weighted by atomic mass is 9.84. The molecule has 110 valence electrons. The summed E-state index contributed by atoms with van der Waals surface area (Å²) in [5.74, 6) is 0. The van der Waals surface area contributed by atoms with Crippen molar-refractivity contribution >= 4 is 10.9 Å². The molecule has 2 aromatic rings. The molecule has 1 aromatic carbocycles. The van der Waals surface area contributed by atoms with Crippen LogP contribution in [0.2, 0.25) is 0 Å². The minimum atomic E-state index is -0.387. The molecule has 1 aliphatic rings. The summed E-state index contributed by atoms with van der Waals surface area (Å²) < 4.78 is 2.28. The number of para-hydroxylation sites is 1. The fourth-order valence-corrected chi connectivity index (χ4v) is 3.46. The van der Waals surface area contributed by atoms with E-state index < -0.39 is 0 Å². The monoisotopic (exact) mass is 282 g/mol. The Kier molecular flexibility index (Phi) is 3.38. The fraction of sp³-hybridized carbons (Fsp3) is 0.333. The highest BCUT2D eigenvalue weighted by atomic mass is 16.3. The van der Waals surface area contributed by atoms with E-state index in [1.807, 2.05) is 19.1 Å². The van der Waals surface area contributed by atoms with Gasteiger partial charge < -0.3 is 15.4 Å². The zero-order valence-corrected chi connectivity index (χ0v) is 12.6. The second kappa shape index (κ2) is 5.08. The first-order chi connectivity index (χ1) is 10.0. The average molecular weight is 282 g/mol. The normalized spacial score (nSPS) is 23.3. The molecule has 1 aromatic heterocycles. The molecule has 2 atom stereocenters. The zero-order valence-electron chi connectivity index (χ0n) is 12.6. The van der Waals surface area contributed by atoms with E-state index in [1.54, 1.807) is 0 Å². The summed E-state index contributed by atoms with van der Waals surface area (Å²) >= 11 is 0. The lowest BCUT2D eigenvalue weighted by molar-refractivity contribution is 0.137.